The lowest BCUT2D eigenvalue weighted by Gasteiger charge is -2.21. The third kappa shape index (κ3) is 4.29. The lowest BCUT2D eigenvalue weighted by molar-refractivity contribution is -0.860. The van der Waals surface area contributed by atoms with Gasteiger partial charge in [-0.3, -0.25) is 9.59 Å². The van der Waals surface area contributed by atoms with Gasteiger partial charge in [0.05, 0.1) is 14.1 Å². The zero-order valence-electron chi connectivity index (χ0n) is 15.4. The van der Waals surface area contributed by atoms with E-state index in [1.54, 1.807) is 11.0 Å². The SMILES string of the molecule is C[NH+](C)C[C@@H](NC(=O)c1cccc(N2CCCC2=O)c1)c1ccccc1. The first-order chi connectivity index (χ1) is 12.5. The van der Waals surface area contributed by atoms with Crippen molar-refractivity contribution in [3.8, 4) is 0 Å². The van der Waals surface area contributed by atoms with E-state index in [1.807, 2.05) is 48.5 Å². The second-order valence-electron chi connectivity index (χ2n) is 7.05. The second-order valence-corrected chi connectivity index (χ2v) is 7.05. The summed E-state index contributed by atoms with van der Waals surface area (Å²) in [4.78, 5) is 27.8. The number of carbonyl (C=O) groups excluding carboxylic acids is 2. The van der Waals surface area contributed by atoms with E-state index in [4.69, 9.17) is 0 Å². The predicted octanol–water partition coefficient (Wildman–Crippen LogP) is 1.43. The first-order valence-electron chi connectivity index (χ1n) is 9.10. The van der Waals surface area contributed by atoms with E-state index in [0.29, 0.717) is 12.0 Å². The van der Waals surface area contributed by atoms with Crippen molar-refractivity contribution in [1.82, 2.24) is 5.32 Å². The Morgan fingerprint density at radius 2 is 1.92 bits per heavy atom. The van der Waals surface area contributed by atoms with Crippen LogP contribution in [0.25, 0.3) is 0 Å². The summed E-state index contributed by atoms with van der Waals surface area (Å²) in [5, 5.41) is 3.15. The second kappa shape index (κ2) is 8.15. The normalized spacial score (nSPS) is 15.3. The zero-order valence-corrected chi connectivity index (χ0v) is 15.4. The predicted molar refractivity (Wildman–Crippen MR) is 102 cm³/mol. The van der Waals surface area contributed by atoms with Crippen LogP contribution in [0.3, 0.4) is 0 Å². The smallest absolute Gasteiger partial charge is 0.252 e. The van der Waals surface area contributed by atoms with Crippen molar-refractivity contribution < 1.29 is 14.5 Å². The number of anilines is 1. The Bertz CT molecular complexity index is 774. The number of likely N-dealkylation sites (N-methyl/N-ethyl adjacent to an activating group) is 1. The molecule has 1 aliphatic rings. The Morgan fingerprint density at radius 3 is 2.58 bits per heavy atom. The van der Waals surface area contributed by atoms with E-state index < -0.39 is 0 Å². The number of carbonyl (C=O) groups is 2. The molecule has 2 N–H and O–H groups in total. The van der Waals surface area contributed by atoms with Gasteiger partial charge in [0, 0.05) is 24.2 Å². The monoisotopic (exact) mass is 352 g/mol. The fraction of sp³-hybridized carbons (Fsp3) is 0.333. The number of rotatable bonds is 6. The van der Waals surface area contributed by atoms with Crippen molar-refractivity contribution in [3.05, 3.63) is 65.7 Å². The number of nitrogens with zero attached hydrogens (tertiary/aromatic N) is 1. The van der Waals surface area contributed by atoms with Gasteiger partial charge in [0.1, 0.15) is 12.6 Å². The molecular weight excluding hydrogens is 326 g/mol. The molecule has 2 aromatic carbocycles. The highest BCUT2D eigenvalue weighted by Gasteiger charge is 2.23. The Labute approximate surface area is 154 Å². The summed E-state index contributed by atoms with van der Waals surface area (Å²) in [6, 6.07) is 17.3. The number of quaternary nitrogens is 1. The molecule has 0 unspecified atom stereocenters. The molecule has 0 bridgehead atoms. The van der Waals surface area contributed by atoms with Gasteiger partial charge >= 0.3 is 0 Å². The summed E-state index contributed by atoms with van der Waals surface area (Å²) >= 11 is 0. The molecule has 1 saturated heterocycles. The number of hydrogen-bond donors (Lipinski definition) is 2. The summed E-state index contributed by atoms with van der Waals surface area (Å²) in [6.07, 6.45) is 1.45. The van der Waals surface area contributed by atoms with Gasteiger partial charge in [-0.25, -0.2) is 0 Å². The molecule has 1 atom stereocenters. The third-order valence-electron chi connectivity index (χ3n) is 4.61. The molecule has 0 aliphatic carbocycles. The Balaban J connectivity index is 1.78. The number of hydrogen-bond acceptors (Lipinski definition) is 2. The molecule has 136 valence electrons. The summed E-state index contributed by atoms with van der Waals surface area (Å²) < 4.78 is 0. The maximum Gasteiger partial charge on any atom is 0.252 e. The van der Waals surface area contributed by atoms with Gasteiger partial charge in [0.2, 0.25) is 5.91 Å². The van der Waals surface area contributed by atoms with Gasteiger partial charge in [-0.15, -0.1) is 0 Å². The van der Waals surface area contributed by atoms with Crippen molar-refractivity contribution >= 4 is 17.5 Å². The summed E-state index contributed by atoms with van der Waals surface area (Å²) in [5.41, 5.74) is 2.47. The van der Waals surface area contributed by atoms with Crippen LogP contribution in [0.15, 0.2) is 54.6 Å². The molecule has 5 heteroatoms. The van der Waals surface area contributed by atoms with E-state index in [2.05, 4.69) is 19.4 Å². The van der Waals surface area contributed by atoms with Crippen molar-refractivity contribution in [2.45, 2.75) is 18.9 Å². The van der Waals surface area contributed by atoms with Crippen LogP contribution < -0.4 is 15.1 Å². The van der Waals surface area contributed by atoms with Crippen LogP contribution in [-0.4, -0.2) is 39.0 Å². The standard InChI is InChI=1S/C21H25N3O2/c1-23(2)15-19(16-8-4-3-5-9-16)22-21(26)17-10-6-11-18(14-17)24-13-7-12-20(24)25/h3-6,8-11,14,19H,7,12-13,15H2,1-2H3,(H,22,26)/p+1/t19-/m1/s1. The van der Waals surface area contributed by atoms with Gasteiger partial charge in [0.25, 0.3) is 5.91 Å². The van der Waals surface area contributed by atoms with Crippen molar-refractivity contribution in [2.24, 2.45) is 0 Å². The van der Waals surface area contributed by atoms with Gasteiger partial charge in [-0.05, 0) is 30.2 Å². The zero-order chi connectivity index (χ0) is 18.5. The van der Waals surface area contributed by atoms with Crippen molar-refractivity contribution in [3.63, 3.8) is 0 Å². The van der Waals surface area contributed by atoms with Crippen molar-refractivity contribution in [1.29, 1.82) is 0 Å². The first kappa shape index (κ1) is 18.1. The van der Waals surface area contributed by atoms with Crippen LogP contribution in [0.1, 0.15) is 34.8 Å². The number of benzene rings is 2. The molecule has 26 heavy (non-hydrogen) atoms. The maximum atomic E-state index is 12.8. The molecule has 2 aromatic rings. The topological polar surface area (TPSA) is 53.9 Å². The Hall–Kier alpha value is -2.66. The van der Waals surface area contributed by atoms with E-state index in [1.165, 1.54) is 4.90 Å². The summed E-state index contributed by atoms with van der Waals surface area (Å²) in [6.45, 7) is 1.51. The lowest BCUT2D eigenvalue weighted by atomic mass is 10.1. The lowest BCUT2D eigenvalue weighted by Crippen LogP contribution is -3.06. The van der Waals surface area contributed by atoms with E-state index in [9.17, 15) is 9.59 Å². The minimum Gasteiger partial charge on any atom is -0.340 e. The molecule has 1 fully saturated rings. The van der Waals surface area contributed by atoms with Gasteiger partial charge in [-0.2, -0.15) is 0 Å². The summed E-state index contributed by atoms with van der Waals surface area (Å²) in [5.74, 6) is 0.00882. The highest BCUT2D eigenvalue weighted by atomic mass is 16.2. The van der Waals surface area contributed by atoms with Crippen LogP contribution in [0.4, 0.5) is 5.69 Å². The van der Waals surface area contributed by atoms with Crippen LogP contribution in [0.2, 0.25) is 0 Å². The molecule has 0 spiro atoms. The summed E-state index contributed by atoms with van der Waals surface area (Å²) in [7, 11) is 4.14. The van der Waals surface area contributed by atoms with E-state index in [-0.39, 0.29) is 17.9 Å². The van der Waals surface area contributed by atoms with E-state index >= 15 is 0 Å². The van der Waals surface area contributed by atoms with Crippen LogP contribution in [0, 0.1) is 0 Å². The van der Waals surface area contributed by atoms with E-state index in [0.717, 1.165) is 30.8 Å². The largest absolute Gasteiger partial charge is 0.340 e. The van der Waals surface area contributed by atoms with Crippen LogP contribution in [0.5, 0.6) is 0 Å². The van der Waals surface area contributed by atoms with Gasteiger partial charge < -0.3 is 15.1 Å². The van der Waals surface area contributed by atoms with Crippen molar-refractivity contribution in [2.75, 3.05) is 32.1 Å². The molecule has 0 aromatic heterocycles. The fourth-order valence-corrected chi connectivity index (χ4v) is 3.32. The van der Waals surface area contributed by atoms with Crippen LogP contribution in [-0.2, 0) is 4.79 Å². The average molecular weight is 352 g/mol. The highest BCUT2D eigenvalue weighted by Crippen LogP contribution is 2.22. The number of nitrogens with one attached hydrogen (secondary N) is 2. The molecule has 0 radical (unpaired) electrons. The molecule has 1 heterocycles. The molecule has 1 aliphatic heterocycles. The molecular formula is C21H26N3O2+. The molecule has 3 rings (SSSR count). The van der Waals surface area contributed by atoms with Crippen LogP contribution >= 0.6 is 0 Å². The quantitative estimate of drug-likeness (QED) is 0.826. The molecule has 0 saturated carbocycles. The van der Waals surface area contributed by atoms with Gasteiger partial charge in [-0.1, -0.05) is 36.4 Å². The fourth-order valence-electron chi connectivity index (χ4n) is 3.32. The Morgan fingerprint density at radius 1 is 1.15 bits per heavy atom. The van der Waals surface area contributed by atoms with Gasteiger partial charge in [0.15, 0.2) is 0 Å². The average Bonchev–Trinajstić information content (AvgIpc) is 3.07. The highest BCUT2D eigenvalue weighted by molar-refractivity contribution is 5.99. The number of amides is 2. The minimum atomic E-state index is -0.117. The first-order valence-corrected chi connectivity index (χ1v) is 9.10. The Kier molecular flexibility index (Phi) is 5.68. The molecule has 5 nitrogen and oxygen atoms in total. The minimum absolute atomic E-state index is 0.0641. The third-order valence-corrected chi connectivity index (χ3v) is 4.61. The molecule has 2 amide bonds. The maximum absolute atomic E-state index is 12.8.